The molecule has 0 aromatic carbocycles. The Hall–Kier alpha value is -0.290. The van der Waals surface area contributed by atoms with E-state index >= 15 is 0 Å². The molecule has 1 saturated heterocycles. The normalized spacial score (nSPS) is 32.0. The summed E-state index contributed by atoms with van der Waals surface area (Å²) in [6.45, 7) is 2.45. The standard InChI is InChI=1S/C7H12F3NO/c1-5-4-6(2-3-11-5)12-7(8,9)10/h5-6,11H,2-4H2,1H3/t5-,6?/m1/s1. The smallest absolute Gasteiger partial charge is 0.314 e. The molecule has 1 unspecified atom stereocenters. The van der Waals surface area contributed by atoms with E-state index in [1.165, 1.54) is 0 Å². The molecule has 0 aromatic rings. The van der Waals surface area contributed by atoms with Crippen LogP contribution < -0.4 is 5.32 Å². The molecular formula is C7H12F3NO. The monoisotopic (exact) mass is 183 g/mol. The molecule has 1 rings (SSSR count). The SMILES string of the molecule is C[C@@H]1CC(OC(F)(F)F)CCN1. The van der Waals surface area contributed by atoms with Gasteiger partial charge in [0.1, 0.15) is 0 Å². The third-order valence-corrected chi connectivity index (χ3v) is 1.88. The number of alkyl halides is 3. The van der Waals surface area contributed by atoms with E-state index in [0.29, 0.717) is 19.4 Å². The van der Waals surface area contributed by atoms with E-state index in [-0.39, 0.29) is 6.04 Å². The van der Waals surface area contributed by atoms with Crippen LogP contribution in [0.1, 0.15) is 19.8 Å². The highest BCUT2D eigenvalue weighted by Gasteiger charge is 2.34. The lowest BCUT2D eigenvalue weighted by atomic mass is 10.0. The van der Waals surface area contributed by atoms with Crippen molar-refractivity contribution in [1.29, 1.82) is 0 Å². The van der Waals surface area contributed by atoms with Gasteiger partial charge in [-0.05, 0) is 26.3 Å². The summed E-state index contributed by atoms with van der Waals surface area (Å²) in [5.41, 5.74) is 0. The second-order valence-electron chi connectivity index (χ2n) is 3.07. The minimum absolute atomic E-state index is 0.117. The summed E-state index contributed by atoms with van der Waals surface area (Å²) in [4.78, 5) is 0. The van der Waals surface area contributed by atoms with Crippen LogP contribution in [0.4, 0.5) is 13.2 Å². The zero-order valence-corrected chi connectivity index (χ0v) is 6.82. The Kier molecular flexibility index (Phi) is 2.95. The molecule has 12 heavy (non-hydrogen) atoms. The van der Waals surface area contributed by atoms with E-state index in [1.807, 2.05) is 6.92 Å². The van der Waals surface area contributed by atoms with Crippen LogP contribution in [0.2, 0.25) is 0 Å². The molecule has 2 atom stereocenters. The van der Waals surface area contributed by atoms with E-state index in [2.05, 4.69) is 10.1 Å². The summed E-state index contributed by atoms with van der Waals surface area (Å²) >= 11 is 0. The van der Waals surface area contributed by atoms with Gasteiger partial charge in [0.15, 0.2) is 0 Å². The third-order valence-electron chi connectivity index (χ3n) is 1.88. The summed E-state index contributed by atoms with van der Waals surface area (Å²) < 4.78 is 39.1. The molecular weight excluding hydrogens is 171 g/mol. The van der Waals surface area contributed by atoms with Crippen molar-refractivity contribution in [2.24, 2.45) is 0 Å². The van der Waals surface area contributed by atoms with E-state index in [0.717, 1.165) is 0 Å². The quantitative estimate of drug-likeness (QED) is 0.667. The highest BCUT2D eigenvalue weighted by Crippen LogP contribution is 2.23. The summed E-state index contributed by atoms with van der Waals surface area (Å²) in [6, 6.07) is 0.117. The van der Waals surface area contributed by atoms with E-state index in [1.54, 1.807) is 0 Å². The average Bonchev–Trinajstić information content (AvgIpc) is 1.82. The molecule has 0 saturated carbocycles. The number of ether oxygens (including phenoxy) is 1. The van der Waals surface area contributed by atoms with Gasteiger partial charge >= 0.3 is 6.36 Å². The minimum Gasteiger partial charge on any atom is -0.314 e. The summed E-state index contributed by atoms with van der Waals surface area (Å²) in [5, 5.41) is 3.05. The Morgan fingerprint density at radius 1 is 1.42 bits per heavy atom. The molecule has 1 heterocycles. The van der Waals surface area contributed by atoms with Crippen LogP contribution in [-0.4, -0.2) is 25.1 Å². The van der Waals surface area contributed by atoms with Crippen molar-refractivity contribution >= 4 is 0 Å². The molecule has 0 aromatic heterocycles. The number of halogens is 3. The van der Waals surface area contributed by atoms with E-state index in [9.17, 15) is 13.2 Å². The van der Waals surface area contributed by atoms with Crippen molar-refractivity contribution in [1.82, 2.24) is 5.32 Å². The van der Waals surface area contributed by atoms with Gasteiger partial charge in [-0.3, -0.25) is 4.74 Å². The molecule has 0 spiro atoms. The fourth-order valence-electron chi connectivity index (χ4n) is 1.38. The molecule has 0 amide bonds. The Balaban J connectivity index is 2.32. The molecule has 5 heteroatoms. The van der Waals surface area contributed by atoms with Gasteiger partial charge < -0.3 is 5.32 Å². The van der Waals surface area contributed by atoms with Crippen molar-refractivity contribution < 1.29 is 17.9 Å². The zero-order chi connectivity index (χ0) is 9.19. The number of hydrogen-bond donors (Lipinski definition) is 1. The molecule has 1 aliphatic heterocycles. The molecule has 72 valence electrons. The second kappa shape index (κ2) is 3.62. The van der Waals surface area contributed by atoms with Gasteiger partial charge in [-0.2, -0.15) is 0 Å². The second-order valence-corrected chi connectivity index (χ2v) is 3.07. The van der Waals surface area contributed by atoms with Crippen molar-refractivity contribution in [3.63, 3.8) is 0 Å². The van der Waals surface area contributed by atoms with Gasteiger partial charge in [0, 0.05) is 6.04 Å². The van der Waals surface area contributed by atoms with Gasteiger partial charge in [0.05, 0.1) is 6.10 Å². The van der Waals surface area contributed by atoms with Gasteiger partial charge in [-0.25, -0.2) is 0 Å². The van der Waals surface area contributed by atoms with Gasteiger partial charge in [-0.1, -0.05) is 0 Å². The Morgan fingerprint density at radius 3 is 2.58 bits per heavy atom. The fourth-order valence-corrected chi connectivity index (χ4v) is 1.38. The van der Waals surface area contributed by atoms with Crippen molar-refractivity contribution in [2.45, 2.75) is 38.3 Å². The lowest BCUT2D eigenvalue weighted by Crippen LogP contribution is -2.41. The zero-order valence-electron chi connectivity index (χ0n) is 6.82. The molecule has 0 aliphatic carbocycles. The molecule has 2 nitrogen and oxygen atoms in total. The topological polar surface area (TPSA) is 21.3 Å². The third kappa shape index (κ3) is 3.40. The average molecular weight is 183 g/mol. The molecule has 1 N–H and O–H groups in total. The van der Waals surface area contributed by atoms with E-state index in [4.69, 9.17) is 0 Å². The maximum Gasteiger partial charge on any atom is 0.522 e. The first-order valence-corrected chi connectivity index (χ1v) is 3.95. The van der Waals surface area contributed by atoms with Crippen LogP contribution in [0.15, 0.2) is 0 Å². The van der Waals surface area contributed by atoms with Crippen LogP contribution in [0.5, 0.6) is 0 Å². The number of hydrogen-bond acceptors (Lipinski definition) is 2. The fraction of sp³-hybridized carbons (Fsp3) is 1.00. The predicted octanol–water partition coefficient (Wildman–Crippen LogP) is 1.66. The lowest BCUT2D eigenvalue weighted by molar-refractivity contribution is -0.345. The van der Waals surface area contributed by atoms with Gasteiger partial charge in [-0.15, -0.1) is 13.2 Å². The highest BCUT2D eigenvalue weighted by atomic mass is 19.4. The largest absolute Gasteiger partial charge is 0.522 e. The lowest BCUT2D eigenvalue weighted by Gasteiger charge is -2.28. The summed E-state index contributed by atoms with van der Waals surface area (Å²) in [7, 11) is 0. The number of nitrogens with one attached hydrogen (secondary N) is 1. The maximum absolute atomic E-state index is 11.7. The number of piperidine rings is 1. The highest BCUT2D eigenvalue weighted by molar-refractivity contribution is 4.75. The van der Waals surface area contributed by atoms with Crippen molar-refractivity contribution in [3.05, 3.63) is 0 Å². The van der Waals surface area contributed by atoms with Crippen LogP contribution in [0.3, 0.4) is 0 Å². The molecule has 0 radical (unpaired) electrons. The maximum atomic E-state index is 11.7. The first-order chi connectivity index (χ1) is 5.47. The van der Waals surface area contributed by atoms with E-state index < -0.39 is 12.5 Å². The first-order valence-electron chi connectivity index (χ1n) is 3.95. The Bertz CT molecular complexity index is 148. The Morgan fingerprint density at radius 2 is 2.08 bits per heavy atom. The molecule has 1 fully saturated rings. The van der Waals surface area contributed by atoms with Crippen LogP contribution >= 0.6 is 0 Å². The van der Waals surface area contributed by atoms with Crippen LogP contribution in [-0.2, 0) is 4.74 Å². The predicted molar refractivity (Wildman–Crippen MR) is 37.6 cm³/mol. The van der Waals surface area contributed by atoms with Crippen LogP contribution in [0.25, 0.3) is 0 Å². The van der Waals surface area contributed by atoms with Crippen molar-refractivity contribution in [2.75, 3.05) is 6.54 Å². The first kappa shape index (κ1) is 9.80. The van der Waals surface area contributed by atoms with Gasteiger partial charge in [0.2, 0.25) is 0 Å². The molecule has 1 aliphatic rings. The summed E-state index contributed by atoms with van der Waals surface area (Å²) in [6.07, 6.45) is -4.29. The van der Waals surface area contributed by atoms with Crippen molar-refractivity contribution in [3.8, 4) is 0 Å². The number of rotatable bonds is 1. The van der Waals surface area contributed by atoms with Gasteiger partial charge in [0.25, 0.3) is 0 Å². The Labute approximate surface area is 69.1 Å². The molecule has 0 bridgehead atoms. The minimum atomic E-state index is -4.48. The summed E-state index contributed by atoms with van der Waals surface area (Å²) in [5.74, 6) is 0. The van der Waals surface area contributed by atoms with Crippen LogP contribution in [0, 0.1) is 0 Å².